The molecule has 0 fully saturated rings. The highest BCUT2D eigenvalue weighted by molar-refractivity contribution is 5.84. The molecule has 0 saturated carbocycles. The summed E-state index contributed by atoms with van der Waals surface area (Å²) in [5.74, 6) is 1.80. The number of benzene rings is 2. The zero-order valence-electron chi connectivity index (χ0n) is 7.40. The lowest BCUT2D eigenvalue weighted by Gasteiger charge is -1.96. The Hall–Kier alpha value is -2.05. The van der Waals surface area contributed by atoms with E-state index in [2.05, 4.69) is 0 Å². The summed E-state index contributed by atoms with van der Waals surface area (Å²) in [7, 11) is 0. The lowest BCUT2D eigenvalue weighted by Crippen LogP contribution is -2.26. The van der Waals surface area contributed by atoms with Crippen LogP contribution in [-0.4, -0.2) is 11.0 Å². The maximum absolute atomic E-state index is 10.6. The summed E-state index contributed by atoms with van der Waals surface area (Å²) in [6.45, 7) is 0. The van der Waals surface area contributed by atoms with Gasteiger partial charge in [-0.1, -0.05) is 30.3 Å². The molecule has 0 radical (unpaired) electrons. The van der Waals surface area contributed by atoms with E-state index in [1.807, 2.05) is 30.3 Å². The maximum Gasteiger partial charge on any atom is 0.133 e. The smallest absolute Gasteiger partial charge is 0.133 e. The van der Waals surface area contributed by atoms with Crippen LogP contribution in [0.3, 0.4) is 0 Å². The van der Waals surface area contributed by atoms with E-state index in [0.717, 1.165) is 17.0 Å². The summed E-state index contributed by atoms with van der Waals surface area (Å²) in [5.41, 5.74) is 0. The molecule has 0 amide bonds. The minimum Gasteiger partial charge on any atom is -0.515 e. The number of carbonyl (C=O) groups excluding carboxylic acids is 1. The Morgan fingerprint density at radius 1 is 1.14 bits per heavy atom. The van der Waals surface area contributed by atoms with Gasteiger partial charge in [-0.3, -0.25) is 0 Å². The molecule has 14 heavy (non-hydrogen) atoms. The summed E-state index contributed by atoms with van der Waals surface area (Å²) >= 11 is 0. The second-order valence-electron chi connectivity index (χ2n) is 2.98. The molecule has 0 saturated heterocycles. The van der Waals surface area contributed by atoms with Crippen LogP contribution in [0.2, 0.25) is 0 Å². The first-order valence-electron chi connectivity index (χ1n) is 4.24. The van der Waals surface area contributed by atoms with Crippen LogP contribution in [0.5, 0.6) is 0 Å². The normalized spacial score (nSPS) is 11.6. The molecular formula is C12H8O2. The van der Waals surface area contributed by atoms with Crippen molar-refractivity contribution in [2.24, 2.45) is 0 Å². The zero-order chi connectivity index (χ0) is 9.97. The first-order valence-corrected chi connectivity index (χ1v) is 4.24. The van der Waals surface area contributed by atoms with Crippen LogP contribution in [0.1, 0.15) is 0 Å². The fourth-order valence-electron chi connectivity index (χ4n) is 1.52. The molecule has 0 aromatic heterocycles. The Kier molecular flexibility index (Phi) is 2.05. The average molecular weight is 184 g/mol. The molecule has 0 aliphatic carbocycles. The van der Waals surface area contributed by atoms with Crippen molar-refractivity contribution in [1.29, 1.82) is 0 Å². The fourth-order valence-corrected chi connectivity index (χ4v) is 1.52. The summed E-state index contributed by atoms with van der Waals surface area (Å²) in [4.78, 5) is 10.6. The first kappa shape index (κ1) is 8.54. The van der Waals surface area contributed by atoms with E-state index in [9.17, 15) is 4.79 Å². The Morgan fingerprint density at radius 3 is 2.64 bits per heavy atom. The van der Waals surface area contributed by atoms with Crippen molar-refractivity contribution in [1.82, 2.24) is 0 Å². The van der Waals surface area contributed by atoms with Crippen molar-refractivity contribution in [2.45, 2.75) is 0 Å². The van der Waals surface area contributed by atoms with Crippen molar-refractivity contribution in [3.63, 3.8) is 0 Å². The number of rotatable bonds is 0. The topological polar surface area (TPSA) is 37.3 Å². The Morgan fingerprint density at radius 2 is 1.93 bits per heavy atom. The van der Waals surface area contributed by atoms with Crippen LogP contribution in [0, 0.1) is 0 Å². The van der Waals surface area contributed by atoms with Crippen LogP contribution >= 0.6 is 0 Å². The summed E-state index contributed by atoms with van der Waals surface area (Å²) in [6.07, 6.45) is 0.947. The van der Waals surface area contributed by atoms with Crippen LogP contribution in [-0.2, 0) is 4.79 Å². The van der Waals surface area contributed by atoms with E-state index in [0.29, 0.717) is 10.4 Å². The highest BCUT2D eigenvalue weighted by atomic mass is 16.2. The standard InChI is InChI=1S/C12H8O2/c13-7-10-6-5-9-3-1-2-4-11(9)12(10)8-14/h1-6,8,14H. The zero-order valence-corrected chi connectivity index (χ0v) is 7.40. The molecule has 2 aromatic rings. The van der Waals surface area contributed by atoms with Crippen molar-refractivity contribution < 1.29 is 9.90 Å². The monoisotopic (exact) mass is 184 g/mol. The minimum atomic E-state index is 0.381. The maximum atomic E-state index is 10.6. The van der Waals surface area contributed by atoms with Crippen molar-refractivity contribution in [3.05, 3.63) is 46.8 Å². The van der Waals surface area contributed by atoms with E-state index in [-0.39, 0.29) is 0 Å². The molecule has 0 unspecified atom stereocenters. The molecule has 68 valence electrons. The van der Waals surface area contributed by atoms with E-state index in [4.69, 9.17) is 5.11 Å². The second-order valence-corrected chi connectivity index (χ2v) is 2.98. The van der Waals surface area contributed by atoms with Crippen LogP contribution in [0.25, 0.3) is 17.0 Å². The molecule has 0 bridgehead atoms. The molecule has 0 heterocycles. The first-order chi connectivity index (χ1) is 6.86. The van der Waals surface area contributed by atoms with E-state index in [1.54, 1.807) is 12.0 Å². The molecule has 2 aromatic carbocycles. The van der Waals surface area contributed by atoms with Gasteiger partial charge in [-0.25, -0.2) is 4.79 Å². The highest BCUT2D eigenvalue weighted by Gasteiger charge is 1.95. The third kappa shape index (κ3) is 1.18. The van der Waals surface area contributed by atoms with Gasteiger partial charge in [0.05, 0.1) is 11.5 Å². The second kappa shape index (κ2) is 3.36. The van der Waals surface area contributed by atoms with Gasteiger partial charge in [-0.15, -0.1) is 0 Å². The average Bonchev–Trinajstić information content (AvgIpc) is 2.27. The fraction of sp³-hybridized carbons (Fsp3) is 0. The summed E-state index contributed by atoms with van der Waals surface area (Å²) in [5, 5.41) is 11.8. The van der Waals surface area contributed by atoms with Crippen molar-refractivity contribution >= 4 is 23.0 Å². The number of aliphatic hydroxyl groups is 1. The highest BCUT2D eigenvalue weighted by Crippen LogP contribution is 2.05. The Labute approximate surface area is 80.4 Å². The van der Waals surface area contributed by atoms with Gasteiger partial charge < -0.3 is 5.11 Å². The van der Waals surface area contributed by atoms with Gasteiger partial charge in [-0.05, 0) is 16.8 Å². The molecule has 2 rings (SSSR count). The SMILES string of the molecule is O=C=c1ccc2ccccc2c1=CO. The molecule has 0 aliphatic heterocycles. The lowest BCUT2D eigenvalue weighted by molar-refractivity contribution is 0.540. The molecule has 0 atom stereocenters. The van der Waals surface area contributed by atoms with Gasteiger partial charge in [0.15, 0.2) is 0 Å². The van der Waals surface area contributed by atoms with Gasteiger partial charge in [-0.2, -0.15) is 0 Å². The van der Waals surface area contributed by atoms with Gasteiger partial charge >= 0.3 is 0 Å². The van der Waals surface area contributed by atoms with Gasteiger partial charge in [0.25, 0.3) is 0 Å². The number of fused-ring (bicyclic) bond motifs is 1. The van der Waals surface area contributed by atoms with E-state index < -0.39 is 0 Å². The third-order valence-corrected chi connectivity index (χ3v) is 2.21. The molecule has 2 heteroatoms. The number of hydrogen-bond donors (Lipinski definition) is 1. The van der Waals surface area contributed by atoms with Crippen LogP contribution < -0.4 is 10.4 Å². The third-order valence-electron chi connectivity index (χ3n) is 2.21. The predicted molar refractivity (Wildman–Crippen MR) is 55.1 cm³/mol. The summed E-state index contributed by atoms with van der Waals surface area (Å²) in [6, 6.07) is 11.0. The molecule has 0 spiro atoms. The number of hydrogen-bond acceptors (Lipinski definition) is 2. The minimum absolute atomic E-state index is 0.381. The molecule has 2 nitrogen and oxygen atoms in total. The molecule has 0 aliphatic rings. The van der Waals surface area contributed by atoms with Gasteiger partial charge in [0.2, 0.25) is 0 Å². The van der Waals surface area contributed by atoms with Crippen LogP contribution in [0.4, 0.5) is 0 Å². The van der Waals surface area contributed by atoms with Crippen molar-refractivity contribution in [2.75, 3.05) is 0 Å². The Bertz CT molecular complexity index is 608. The molecular weight excluding hydrogens is 176 g/mol. The summed E-state index contributed by atoms with van der Waals surface area (Å²) < 4.78 is 0. The quantitative estimate of drug-likeness (QED) is 0.652. The lowest BCUT2D eigenvalue weighted by atomic mass is 10.1. The predicted octanol–water partition coefficient (Wildman–Crippen LogP) is 0.639. The largest absolute Gasteiger partial charge is 0.515 e. The molecule has 1 N–H and O–H groups in total. The van der Waals surface area contributed by atoms with E-state index >= 15 is 0 Å². The van der Waals surface area contributed by atoms with Gasteiger partial charge in [0.1, 0.15) is 5.94 Å². The van der Waals surface area contributed by atoms with Gasteiger partial charge in [0, 0.05) is 5.22 Å². The number of aliphatic hydroxyl groups excluding tert-OH is 1. The van der Waals surface area contributed by atoms with Crippen LogP contribution in [0.15, 0.2) is 36.4 Å². The Balaban J connectivity index is 3.16. The van der Waals surface area contributed by atoms with E-state index in [1.165, 1.54) is 0 Å². The van der Waals surface area contributed by atoms with Crippen molar-refractivity contribution in [3.8, 4) is 0 Å².